The summed E-state index contributed by atoms with van der Waals surface area (Å²) in [6, 6.07) is 10.8. The molecular formula is C20H37IN4O. The molecule has 150 valence electrons. The molecule has 0 fully saturated rings. The number of likely N-dealkylation sites (N-methyl/N-ethyl adjacent to an activating group) is 1. The zero-order chi connectivity index (χ0) is 18.7. The molecule has 1 aromatic rings. The van der Waals surface area contributed by atoms with E-state index in [1.807, 2.05) is 20.0 Å². The molecule has 1 aromatic carbocycles. The summed E-state index contributed by atoms with van der Waals surface area (Å²) < 4.78 is 5.80. The van der Waals surface area contributed by atoms with Gasteiger partial charge in [0.2, 0.25) is 0 Å². The number of halogens is 1. The fraction of sp³-hybridized carbons (Fsp3) is 0.650. The van der Waals surface area contributed by atoms with Crippen LogP contribution in [0.2, 0.25) is 0 Å². The van der Waals surface area contributed by atoms with Crippen LogP contribution in [-0.4, -0.2) is 57.8 Å². The lowest BCUT2D eigenvalue weighted by molar-refractivity contribution is 0.0258. The summed E-state index contributed by atoms with van der Waals surface area (Å²) in [6.45, 7) is 8.87. The minimum atomic E-state index is 0. The van der Waals surface area contributed by atoms with Gasteiger partial charge in [0.05, 0.1) is 12.1 Å². The minimum Gasteiger partial charge on any atom is -0.378 e. The summed E-state index contributed by atoms with van der Waals surface area (Å²) in [7, 11) is 6.01. The van der Waals surface area contributed by atoms with Crippen LogP contribution in [0.1, 0.15) is 38.8 Å². The quantitative estimate of drug-likeness (QED) is 0.308. The summed E-state index contributed by atoms with van der Waals surface area (Å²) in [4.78, 5) is 6.56. The predicted octanol–water partition coefficient (Wildman–Crippen LogP) is 3.52. The van der Waals surface area contributed by atoms with Crippen molar-refractivity contribution >= 4 is 29.9 Å². The van der Waals surface area contributed by atoms with Crippen molar-refractivity contribution < 1.29 is 4.74 Å². The molecule has 0 radical (unpaired) electrons. The van der Waals surface area contributed by atoms with Crippen LogP contribution in [0, 0.1) is 5.92 Å². The molecule has 0 aliphatic carbocycles. The van der Waals surface area contributed by atoms with E-state index in [1.165, 1.54) is 5.56 Å². The van der Waals surface area contributed by atoms with Gasteiger partial charge in [0.15, 0.2) is 5.96 Å². The molecule has 0 saturated carbocycles. The normalized spacial score (nSPS) is 14.1. The SMILES string of the molecule is CCOC(CCNC(=NC)NCC(c1ccccc1)N(C)C)C(C)C.I. The lowest BCUT2D eigenvalue weighted by Gasteiger charge is -2.26. The number of rotatable bonds is 10. The van der Waals surface area contributed by atoms with Gasteiger partial charge in [0, 0.05) is 26.7 Å². The third kappa shape index (κ3) is 9.19. The summed E-state index contributed by atoms with van der Waals surface area (Å²) in [5, 5.41) is 6.84. The molecule has 0 bridgehead atoms. The first-order valence-corrected chi connectivity index (χ1v) is 9.27. The molecule has 2 atom stereocenters. The number of hydrogen-bond donors (Lipinski definition) is 2. The van der Waals surface area contributed by atoms with Gasteiger partial charge < -0.3 is 20.3 Å². The van der Waals surface area contributed by atoms with Gasteiger partial charge in [-0.2, -0.15) is 0 Å². The summed E-state index contributed by atoms with van der Waals surface area (Å²) in [6.07, 6.45) is 1.26. The van der Waals surface area contributed by atoms with Crippen LogP contribution in [0.15, 0.2) is 35.3 Å². The van der Waals surface area contributed by atoms with E-state index in [9.17, 15) is 0 Å². The highest BCUT2D eigenvalue weighted by Crippen LogP contribution is 2.16. The molecule has 0 amide bonds. The van der Waals surface area contributed by atoms with Crippen LogP contribution in [-0.2, 0) is 4.74 Å². The lowest BCUT2D eigenvalue weighted by atomic mass is 10.0. The Morgan fingerprint density at radius 2 is 1.81 bits per heavy atom. The van der Waals surface area contributed by atoms with Crippen LogP contribution >= 0.6 is 24.0 Å². The molecule has 2 unspecified atom stereocenters. The van der Waals surface area contributed by atoms with E-state index in [1.54, 1.807) is 0 Å². The molecule has 0 spiro atoms. The fourth-order valence-corrected chi connectivity index (χ4v) is 2.84. The summed E-state index contributed by atoms with van der Waals surface area (Å²) in [5.41, 5.74) is 1.30. The molecule has 0 saturated heterocycles. The van der Waals surface area contributed by atoms with Crippen molar-refractivity contribution in [3.05, 3.63) is 35.9 Å². The van der Waals surface area contributed by atoms with Gasteiger partial charge in [0.25, 0.3) is 0 Å². The third-order valence-corrected chi connectivity index (χ3v) is 4.34. The standard InChI is InChI=1S/C20H36N4O.HI/c1-7-25-19(16(2)3)13-14-22-20(21-4)23-15-18(24(5)6)17-11-9-8-10-12-17;/h8-12,16,18-19H,7,13-15H2,1-6H3,(H2,21,22,23);1H. The molecule has 0 aliphatic heterocycles. The van der Waals surface area contributed by atoms with Crippen molar-refractivity contribution in [2.75, 3.05) is 40.8 Å². The van der Waals surface area contributed by atoms with E-state index in [0.29, 0.717) is 12.0 Å². The van der Waals surface area contributed by atoms with Crippen molar-refractivity contribution in [2.45, 2.75) is 39.3 Å². The number of nitrogens with one attached hydrogen (secondary N) is 2. The van der Waals surface area contributed by atoms with Crippen LogP contribution < -0.4 is 10.6 Å². The average molecular weight is 476 g/mol. The first-order chi connectivity index (χ1) is 12.0. The molecule has 6 heteroatoms. The minimum absolute atomic E-state index is 0. The molecule has 26 heavy (non-hydrogen) atoms. The number of ether oxygens (including phenoxy) is 1. The molecule has 5 nitrogen and oxygen atoms in total. The fourth-order valence-electron chi connectivity index (χ4n) is 2.84. The van der Waals surface area contributed by atoms with E-state index in [-0.39, 0.29) is 30.1 Å². The zero-order valence-corrected chi connectivity index (χ0v) is 19.5. The molecule has 0 aromatic heterocycles. The Labute approximate surface area is 177 Å². The maximum Gasteiger partial charge on any atom is 0.191 e. The summed E-state index contributed by atoms with van der Waals surface area (Å²) in [5.74, 6) is 1.36. The van der Waals surface area contributed by atoms with Crippen molar-refractivity contribution in [3.63, 3.8) is 0 Å². The van der Waals surface area contributed by atoms with Gasteiger partial charge in [-0.3, -0.25) is 4.99 Å². The average Bonchev–Trinajstić information content (AvgIpc) is 2.60. The van der Waals surface area contributed by atoms with E-state index in [4.69, 9.17) is 4.74 Å². The largest absolute Gasteiger partial charge is 0.378 e. The van der Waals surface area contributed by atoms with Crippen LogP contribution in [0.3, 0.4) is 0 Å². The molecular weight excluding hydrogens is 439 g/mol. The molecule has 2 N–H and O–H groups in total. The first-order valence-electron chi connectivity index (χ1n) is 9.27. The van der Waals surface area contributed by atoms with Gasteiger partial charge in [-0.15, -0.1) is 24.0 Å². The second-order valence-corrected chi connectivity index (χ2v) is 6.80. The molecule has 0 heterocycles. The van der Waals surface area contributed by atoms with E-state index >= 15 is 0 Å². The lowest BCUT2D eigenvalue weighted by Crippen LogP contribution is -2.42. The number of nitrogens with zero attached hydrogens (tertiary/aromatic N) is 2. The van der Waals surface area contributed by atoms with E-state index in [2.05, 4.69) is 72.7 Å². The maximum absolute atomic E-state index is 5.80. The van der Waals surface area contributed by atoms with Crippen molar-refractivity contribution in [2.24, 2.45) is 10.9 Å². The Morgan fingerprint density at radius 1 is 1.15 bits per heavy atom. The van der Waals surface area contributed by atoms with Gasteiger partial charge in [-0.25, -0.2) is 0 Å². The second-order valence-electron chi connectivity index (χ2n) is 6.80. The van der Waals surface area contributed by atoms with E-state index in [0.717, 1.165) is 32.1 Å². The highest BCUT2D eigenvalue weighted by Gasteiger charge is 2.15. The van der Waals surface area contributed by atoms with Gasteiger partial charge >= 0.3 is 0 Å². The number of benzene rings is 1. The third-order valence-electron chi connectivity index (χ3n) is 4.34. The highest BCUT2D eigenvalue weighted by molar-refractivity contribution is 14.0. The number of guanidine groups is 1. The van der Waals surface area contributed by atoms with Crippen molar-refractivity contribution in [3.8, 4) is 0 Å². The Balaban J connectivity index is 0.00000625. The predicted molar refractivity (Wildman–Crippen MR) is 123 cm³/mol. The van der Waals surface area contributed by atoms with Crippen molar-refractivity contribution in [1.29, 1.82) is 0 Å². The highest BCUT2D eigenvalue weighted by atomic mass is 127. The maximum atomic E-state index is 5.80. The molecule has 1 rings (SSSR count). The van der Waals surface area contributed by atoms with E-state index < -0.39 is 0 Å². The number of hydrogen-bond acceptors (Lipinski definition) is 3. The Morgan fingerprint density at radius 3 is 2.31 bits per heavy atom. The summed E-state index contributed by atoms with van der Waals surface area (Å²) >= 11 is 0. The Kier molecular flexibility index (Phi) is 13.8. The van der Waals surface area contributed by atoms with Gasteiger partial charge in [0.1, 0.15) is 0 Å². The van der Waals surface area contributed by atoms with Gasteiger partial charge in [-0.05, 0) is 38.9 Å². The Hall–Kier alpha value is -0.860. The monoisotopic (exact) mass is 476 g/mol. The van der Waals surface area contributed by atoms with Crippen LogP contribution in [0.5, 0.6) is 0 Å². The van der Waals surface area contributed by atoms with Gasteiger partial charge in [-0.1, -0.05) is 44.2 Å². The number of aliphatic imine (C=N–C) groups is 1. The second kappa shape index (κ2) is 14.2. The zero-order valence-electron chi connectivity index (χ0n) is 17.2. The topological polar surface area (TPSA) is 48.9 Å². The Bertz CT molecular complexity index is 494. The molecule has 0 aliphatic rings. The first kappa shape index (κ1) is 25.1. The van der Waals surface area contributed by atoms with Crippen molar-refractivity contribution in [1.82, 2.24) is 15.5 Å². The smallest absolute Gasteiger partial charge is 0.191 e. The van der Waals surface area contributed by atoms with Crippen LogP contribution in [0.4, 0.5) is 0 Å². The van der Waals surface area contributed by atoms with Crippen LogP contribution in [0.25, 0.3) is 0 Å².